The predicted molar refractivity (Wildman–Crippen MR) is 59.7 cm³/mol. The molecular weight excluding hydrogens is 240 g/mol. The van der Waals surface area contributed by atoms with E-state index in [1.807, 2.05) is 0 Å². The van der Waals surface area contributed by atoms with Gasteiger partial charge in [0.25, 0.3) is 0 Å². The van der Waals surface area contributed by atoms with Gasteiger partial charge in [-0.25, -0.2) is 0 Å². The van der Waals surface area contributed by atoms with Gasteiger partial charge in [-0.05, 0) is 11.5 Å². The lowest BCUT2D eigenvalue weighted by molar-refractivity contribution is 0.185. The molecule has 74 valence electrons. The minimum Gasteiger partial charge on any atom is -0.381 e. The summed E-state index contributed by atoms with van der Waals surface area (Å²) in [4.78, 5) is 0.623. The Labute approximate surface area is 92.6 Å². The third kappa shape index (κ3) is 1.17. The molecule has 14 heavy (non-hydrogen) atoms. The molecule has 1 saturated carbocycles. The van der Waals surface area contributed by atoms with Crippen LogP contribution in [-0.2, 0) is 4.74 Å². The van der Waals surface area contributed by atoms with E-state index in [2.05, 4.69) is 46.3 Å². The van der Waals surface area contributed by atoms with E-state index in [0.29, 0.717) is 10.7 Å². The summed E-state index contributed by atoms with van der Waals surface area (Å²) in [5.74, 6) is 2.17. The first-order valence-corrected chi connectivity index (χ1v) is 6.06. The largest absolute Gasteiger partial charge is 0.381 e. The van der Waals surface area contributed by atoms with E-state index in [4.69, 9.17) is 4.74 Å². The van der Waals surface area contributed by atoms with Crippen LogP contribution < -0.4 is 0 Å². The molecule has 1 saturated heterocycles. The summed E-state index contributed by atoms with van der Waals surface area (Å²) in [6, 6.07) is 10.8. The Bertz CT molecular complexity index is 324. The van der Waals surface area contributed by atoms with E-state index < -0.39 is 0 Å². The lowest BCUT2D eigenvalue weighted by Gasteiger charge is -2.44. The first kappa shape index (κ1) is 8.93. The first-order chi connectivity index (χ1) is 6.88. The Morgan fingerprint density at radius 2 is 1.79 bits per heavy atom. The summed E-state index contributed by atoms with van der Waals surface area (Å²) in [5.41, 5.74) is 1.46. The maximum atomic E-state index is 5.52. The minimum absolute atomic E-state index is 0.623. The molecule has 1 aromatic carbocycles. The Balaban J connectivity index is 1.87. The molecular formula is C12H13BrO. The molecule has 3 rings (SSSR count). The second kappa shape index (κ2) is 3.35. The van der Waals surface area contributed by atoms with Gasteiger partial charge >= 0.3 is 0 Å². The van der Waals surface area contributed by atoms with E-state index in [0.717, 1.165) is 25.0 Å². The molecule has 1 nitrogen and oxygen atoms in total. The van der Waals surface area contributed by atoms with E-state index in [1.54, 1.807) is 0 Å². The average Bonchev–Trinajstić information content (AvgIpc) is 2.63. The summed E-state index contributed by atoms with van der Waals surface area (Å²) in [6.07, 6.45) is 0. The van der Waals surface area contributed by atoms with Crippen LogP contribution in [-0.4, -0.2) is 18.0 Å². The van der Waals surface area contributed by atoms with Crippen molar-refractivity contribution in [3.8, 4) is 0 Å². The van der Waals surface area contributed by atoms with E-state index in [-0.39, 0.29) is 0 Å². The standard InChI is InChI=1S/C12H13BrO/c13-12-10-7-14-6-9(10)11(12)8-4-2-1-3-5-8/h1-5,9-12H,6-7H2/t9-,10+,11+,12-/m1/s1. The van der Waals surface area contributed by atoms with Crippen LogP contribution in [0.5, 0.6) is 0 Å². The smallest absolute Gasteiger partial charge is 0.0509 e. The molecule has 0 bridgehead atoms. The van der Waals surface area contributed by atoms with Crippen molar-refractivity contribution in [2.45, 2.75) is 10.7 Å². The van der Waals surface area contributed by atoms with Gasteiger partial charge in [-0.15, -0.1) is 0 Å². The number of fused-ring (bicyclic) bond motifs is 1. The highest BCUT2D eigenvalue weighted by Crippen LogP contribution is 2.54. The Hall–Kier alpha value is -0.340. The number of ether oxygens (including phenoxy) is 1. The van der Waals surface area contributed by atoms with Crippen LogP contribution in [0.4, 0.5) is 0 Å². The highest BCUT2D eigenvalue weighted by Gasteiger charge is 2.52. The molecule has 1 aliphatic heterocycles. The van der Waals surface area contributed by atoms with Crippen molar-refractivity contribution in [3.05, 3.63) is 35.9 Å². The summed E-state index contributed by atoms with van der Waals surface area (Å²) in [7, 11) is 0. The first-order valence-electron chi connectivity index (χ1n) is 5.14. The van der Waals surface area contributed by atoms with Crippen molar-refractivity contribution in [3.63, 3.8) is 0 Å². The SMILES string of the molecule is Br[C@@H]1[C@H]2COC[C@H]2[C@@H]1c1ccccc1. The average molecular weight is 253 g/mol. The molecule has 0 radical (unpaired) electrons. The molecule has 0 aromatic heterocycles. The number of hydrogen-bond donors (Lipinski definition) is 0. The van der Waals surface area contributed by atoms with Gasteiger partial charge in [-0.1, -0.05) is 46.3 Å². The fraction of sp³-hybridized carbons (Fsp3) is 0.500. The van der Waals surface area contributed by atoms with Crippen LogP contribution in [0.3, 0.4) is 0 Å². The van der Waals surface area contributed by atoms with Crippen LogP contribution in [0.2, 0.25) is 0 Å². The quantitative estimate of drug-likeness (QED) is 0.699. The molecule has 0 N–H and O–H groups in total. The van der Waals surface area contributed by atoms with E-state index >= 15 is 0 Å². The normalized spacial score (nSPS) is 40.4. The summed E-state index contributed by atoms with van der Waals surface area (Å²) >= 11 is 3.79. The van der Waals surface area contributed by atoms with Gasteiger partial charge < -0.3 is 4.74 Å². The summed E-state index contributed by atoms with van der Waals surface area (Å²) in [5, 5.41) is 0. The fourth-order valence-electron chi connectivity index (χ4n) is 2.75. The highest BCUT2D eigenvalue weighted by molar-refractivity contribution is 9.09. The number of hydrogen-bond acceptors (Lipinski definition) is 1. The van der Waals surface area contributed by atoms with Crippen molar-refractivity contribution < 1.29 is 4.74 Å². The number of halogens is 1. The third-order valence-corrected chi connectivity index (χ3v) is 4.82. The Kier molecular flexibility index (Phi) is 2.14. The zero-order valence-electron chi connectivity index (χ0n) is 7.90. The maximum absolute atomic E-state index is 5.52. The topological polar surface area (TPSA) is 9.23 Å². The van der Waals surface area contributed by atoms with E-state index in [1.165, 1.54) is 5.56 Å². The maximum Gasteiger partial charge on any atom is 0.0509 e. The van der Waals surface area contributed by atoms with E-state index in [9.17, 15) is 0 Å². The number of rotatable bonds is 1. The molecule has 1 aromatic rings. The van der Waals surface area contributed by atoms with Gasteiger partial charge in [-0.2, -0.15) is 0 Å². The molecule has 2 fully saturated rings. The van der Waals surface area contributed by atoms with Gasteiger partial charge in [0.1, 0.15) is 0 Å². The zero-order chi connectivity index (χ0) is 9.54. The van der Waals surface area contributed by atoms with Crippen LogP contribution in [0.25, 0.3) is 0 Å². The monoisotopic (exact) mass is 252 g/mol. The van der Waals surface area contributed by atoms with Crippen molar-refractivity contribution in [2.75, 3.05) is 13.2 Å². The van der Waals surface area contributed by atoms with Crippen LogP contribution >= 0.6 is 15.9 Å². The van der Waals surface area contributed by atoms with Crippen LogP contribution in [0.15, 0.2) is 30.3 Å². The van der Waals surface area contributed by atoms with Gasteiger partial charge in [0, 0.05) is 16.7 Å². The molecule has 4 atom stereocenters. The summed E-state index contributed by atoms with van der Waals surface area (Å²) in [6.45, 7) is 1.90. The third-order valence-electron chi connectivity index (χ3n) is 3.57. The molecule has 0 unspecified atom stereocenters. The van der Waals surface area contributed by atoms with Gasteiger partial charge in [0.15, 0.2) is 0 Å². The second-order valence-corrected chi connectivity index (χ2v) is 5.30. The fourth-order valence-corrected chi connectivity index (χ4v) is 3.99. The molecule has 0 spiro atoms. The second-order valence-electron chi connectivity index (χ2n) is 4.25. The zero-order valence-corrected chi connectivity index (χ0v) is 9.48. The Morgan fingerprint density at radius 1 is 1.07 bits per heavy atom. The van der Waals surface area contributed by atoms with Gasteiger partial charge in [0.2, 0.25) is 0 Å². The molecule has 1 aliphatic carbocycles. The molecule has 2 heteroatoms. The van der Waals surface area contributed by atoms with Crippen LogP contribution in [0.1, 0.15) is 11.5 Å². The van der Waals surface area contributed by atoms with Crippen LogP contribution in [0, 0.1) is 11.8 Å². The van der Waals surface area contributed by atoms with Crippen molar-refractivity contribution in [2.24, 2.45) is 11.8 Å². The van der Waals surface area contributed by atoms with Crippen molar-refractivity contribution >= 4 is 15.9 Å². The van der Waals surface area contributed by atoms with Gasteiger partial charge in [0.05, 0.1) is 13.2 Å². The van der Waals surface area contributed by atoms with Crippen molar-refractivity contribution in [1.82, 2.24) is 0 Å². The molecule has 1 heterocycles. The molecule has 0 amide bonds. The lowest BCUT2D eigenvalue weighted by atomic mass is 9.64. The summed E-state index contributed by atoms with van der Waals surface area (Å²) < 4.78 is 5.52. The predicted octanol–water partition coefficient (Wildman–Crippen LogP) is 2.81. The number of benzene rings is 1. The molecule has 2 aliphatic rings. The highest BCUT2D eigenvalue weighted by atomic mass is 79.9. The Morgan fingerprint density at radius 3 is 2.57 bits per heavy atom. The van der Waals surface area contributed by atoms with Gasteiger partial charge in [-0.3, -0.25) is 0 Å². The minimum atomic E-state index is 0.623. The van der Waals surface area contributed by atoms with Crippen molar-refractivity contribution in [1.29, 1.82) is 0 Å². The number of alkyl halides is 1. The lowest BCUT2D eigenvalue weighted by Crippen LogP contribution is -2.44.